The first kappa shape index (κ1) is 19.5. The minimum atomic E-state index is -0.402. The van der Waals surface area contributed by atoms with Gasteiger partial charge in [-0.2, -0.15) is 0 Å². The summed E-state index contributed by atoms with van der Waals surface area (Å²) in [5, 5.41) is 5.34. The van der Waals surface area contributed by atoms with Gasteiger partial charge in [-0.05, 0) is 51.8 Å². The van der Waals surface area contributed by atoms with Gasteiger partial charge in [-0.1, -0.05) is 30.3 Å². The van der Waals surface area contributed by atoms with Crippen molar-refractivity contribution in [3.8, 4) is 5.75 Å². The molecule has 134 valence electrons. The van der Waals surface area contributed by atoms with Gasteiger partial charge in [-0.3, -0.25) is 9.59 Å². The summed E-state index contributed by atoms with van der Waals surface area (Å²) in [7, 11) is 1.58. The highest BCUT2D eigenvalue weighted by atomic mass is 79.9. The number of nitrogens with one attached hydrogen (secondary N) is 2. The zero-order valence-corrected chi connectivity index (χ0v) is 15.9. The molecule has 2 amide bonds. The van der Waals surface area contributed by atoms with Crippen molar-refractivity contribution in [3.63, 3.8) is 0 Å². The molecule has 2 N–H and O–H groups in total. The summed E-state index contributed by atoms with van der Waals surface area (Å²) < 4.78 is 5.77. The summed E-state index contributed by atoms with van der Waals surface area (Å²) in [6.45, 7) is 3.87. The number of hydrogen-bond acceptors (Lipinski definition) is 3. The van der Waals surface area contributed by atoms with E-state index >= 15 is 0 Å². The van der Waals surface area contributed by atoms with Gasteiger partial charge in [0, 0.05) is 11.0 Å². The maximum Gasteiger partial charge on any atom is 0.268 e. The molecule has 0 spiro atoms. The molecule has 0 saturated heterocycles. The fraction of sp³-hybridized carbons (Fsp3) is 0.100. The Labute approximate surface area is 160 Å². The van der Waals surface area contributed by atoms with Crippen molar-refractivity contribution in [1.82, 2.24) is 10.6 Å². The second kappa shape index (κ2) is 9.58. The molecule has 0 aliphatic heterocycles. The summed E-state index contributed by atoms with van der Waals surface area (Å²) in [6.07, 6.45) is 3.17. The van der Waals surface area contributed by atoms with Crippen LogP contribution in [0.25, 0.3) is 6.08 Å². The number of ether oxygens (including phenoxy) is 1. The Morgan fingerprint density at radius 1 is 1.15 bits per heavy atom. The van der Waals surface area contributed by atoms with Crippen LogP contribution < -0.4 is 15.4 Å². The predicted octanol–water partition coefficient (Wildman–Crippen LogP) is 3.53. The Balaban J connectivity index is 2.29. The molecular formula is C20H19BrN2O3. The van der Waals surface area contributed by atoms with E-state index in [-0.39, 0.29) is 11.6 Å². The number of carbonyl (C=O) groups is 2. The standard InChI is InChI=1S/C20H19BrN2O3/c1-3-12-22-20(25)18(13-14-8-10-15(26-2)11-9-14)23-19(24)16-6-4-5-7-17(16)21/h3-11,13H,1,12H2,2H3,(H,22,25)(H,23,24). The Morgan fingerprint density at radius 3 is 2.46 bits per heavy atom. The zero-order valence-electron chi connectivity index (χ0n) is 14.3. The number of amides is 2. The molecule has 0 heterocycles. The van der Waals surface area contributed by atoms with Crippen LogP contribution in [0.3, 0.4) is 0 Å². The second-order valence-electron chi connectivity index (χ2n) is 5.26. The van der Waals surface area contributed by atoms with E-state index < -0.39 is 5.91 Å². The number of methoxy groups -OCH3 is 1. The summed E-state index contributed by atoms with van der Waals surface area (Å²) in [4.78, 5) is 24.9. The Kier molecular flexibility index (Phi) is 7.17. The quantitative estimate of drug-likeness (QED) is 0.537. The van der Waals surface area contributed by atoms with Crippen molar-refractivity contribution in [1.29, 1.82) is 0 Å². The average molecular weight is 415 g/mol. The van der Waals surface area contributed by atoms with Crippen LogP contribution in [0.2, 0.25) is 0 Å². The molecule has 5 nitrogen and oxygen atoms in total. The first-order valence-corrected chi connectivity index (χ1v) is 8.65. The predicted molar refractivity (Wildman–Crippen MR) is 106 cm³/mol. The SMILES string of the molecule is C=CCNC(=O)C(=Cc1ccc(OC)cc1)NC(=O)c1ccccc1Br. The number of rotatable bonds is 7. The van der Waals surface area contributed by atoms with Gasteiger partial charge in [0.1, 0.15) is 11.4 Å². The molecule has 0 unspecified atom stereocenters. The van der Waals surface area contributed by atoms with Crippen LogP contribution in [0.15, 0.2) is 71.4 Å². The van der Waals surface area contributed by atoms with E-state index in [1.165, 1.54) is 0 Å². The molecule has 0 aliphatic carbocycles. The summed E-state index contributed by atoms with van der Waals surface area (Å²) >= 11 is 3.34. The number of hydrogen-bond donors (Lipinski definition) is 2. The molecule has 26 heavy (non-hydrogen) atoms. The lowest BCUT2D eigenvalue weighted by atomic mass is 10.1. The smallest absolute Gasteiger partial charge is 0.268 e. The van der Waals surface area contributed by atoms with Crippen LogP contribution in [0.1, 0.15) is 15.9 Å². The molecule has 2 rings (SSSR count). The van der Waals surface area contributed by atoms with Gasteiger partial charge in [0.2, 0.25) is 0 Å². The second-order valence-corrected chi connectivity index (χ2v) is 6.12. The van der Waals surface area contributed by atoms with Crippen LogP contribution in [-0.2, 0) is 4.79 Å². The van der Waals surface area contributed by atoms with Crippen molar-refractivity contribution in [2.75, 3.05) is 13.7 Å². The van der Waals surface area contributed by atoms with Crippen molar-refractivity contribution in [2.45, 2.75) is 0 Å². The van der Waals surface area contributed by atoms with Gasteiger partial charge in [0.15, 0.2) is 0 Å². The maximum atomic E-state index is 12.5. The fourth-order valence-corrected chi connectivity index (χ4v) is 2.59. The monoisotopic (exact) mass is 414 g/mol. The van der Waals surface area contributed by atoms with E-state index in [2.05, 4.69) is 33.1 Å². The largest absolute Gasteiger partial charge is 0.497 e. The van der Waals surface area contributed by atoms with Gasteiger partial charge in [0.25, 0.3) is 11.8 Å². The van der Waals surface area contributed by atoms with Crippen LogP contribution >= 0.6 is 15.9 Å². The minimum absolute atomic E-state index is 0.137. The van der Waals surface area contributed by atoms with E-state index in [0.29, 0.717) is 22.3 Å². The molecule has 0 fully saturated rings. The molecule has 2 aromatic rings. The van der Waals surface area contributed by atoms with Gasteiger partial charge in [-0.25, -0.2) is 0 Å². The Morgan fingerprint density at radius 2 is 1.85 bits per heavy atom. The Bertz CT molecular complexity index is 829. The van der Waals surface area contributed by atoms with Crippen molar-refractivity contribution in [3.05, 3.63) is 82.5 Å². The fourth-order valence-electron chi connectivity index (χ4n) is 2.12. The van der Waals surface area contributed by atoms with E-state index in [0.717, 1.165) is 5.56 Å². The first-order valence-electron chi connectivity index (χ1n) is 7.86. The third-order valence-corrected chi connectivity index (χ3v) is 4.14. The topological polar surface area (TPSA) is 67.4 Å². The molecule has 0 aromatic heterocycles. The molecule has 0 bridgehead atoms. The van der Waals surface area contributed by atoms with Crippen molar-refractivity contribution in [2.24, 2.45) is 0 Å². The molecule has 0 saturated carbocycles. The van der Waals surface area contributed by atoms with E-state index in [4.69, 9.17) is 4.74 Å². The van der Waals surface area contributed by atoms with Crippen molar-refractivity contribution < 1.29 is 14.3 Å². The van der Waals surface area contributed by atoms with Crippen LogP contribution in [0, 0.1) is 0 Å². The van der Waals surface area contributed by atoms with Crippen LogP contribution in [-0.4, -0.2) is 25.5 Å². The molecule has 0 aliphatic rings. The number of benzene rings is 2. The van der Waals surface area contributed by atoms with Gasteiger partial charge in [0.05, 0.1) is 12.7 Å². The summed E-state index contributed by atoms with van der Waals surface area (Å²) in [5.74, 6) is -0.0795. The minimum Gasteiger partial charge on any atom is -0.497 e. The lowest BCUT2D eigenvalue weighted by Crippen LogP contribution is -2.35. The van der Waals surface area contributed by atoms with Crippen LogP contribution in [0.5, 0.6) is 5.75 Å². The normalized spacial score (nSPS) is 10.8. The van der Waals surface area contributed by atoms with E-state index in [9.17, 15) is 9.59 Å². The molecular weight excluding hydrogens is 396 g/mol. The molecule has 6 heteroatoms. The zero-order chi connectivity index (χ0) is 18.9. The van der Waals surface area contributed by atoms with Gasteiger partial charge < -0.3 is 15.4 Å². The van der Waals surface area contributed by atoms with Crippen molar-refractivity contribution >= 4 is 33.8 Å². The number of halogens is 1. The molecule has 2 aromatic carbocycles. The van der Waals surface area contributed by atoms with Gasteiger partial charge >= 0.3 is 0 Å². The highest BCUT2D eigenvalue weighted by molar-refractivity contribution is 9.10. The third-order valence-electron chi connectivity index (χ3n) is 3.45. The van der Waals surface area contributed by atoms with Gasteiger partial charge in [-0.15, -0.1) is 6.58 Å². The average Bonchev–Trinajstić information content (AvgIpc) is 2.66. The third kappa shape index (κ3) is 5.32. The summed E-state index contributed by atoms with van der Waals surface area (Å²) in [6, 6.07) is 14.2. The summed E-state index contributed by atoms with van der Waals surface area (Å²) in [5.41, 5.74) is 1.32. The highest BCUT2D eigenvalue weighted by Gasteiger charge is 2.15. The lowest BCUT2D eigenvalue weighted by Gasteiger charge is -2.11. The molecule has 0 radical (unpaired) electrons. The van der Waals surface area contributed by atoms with E-state index in [1.807, 2.05) is 6.07 Å². The highest BCUT2D eigenvalue weighted by Crippen LogP contribution is 2.17. The first-order chi connectivity index (χ1) is 12.5. The maximum absolute atomic E-state index is 12.5. The number of carbonyl (C=O) groups excluding carboxylic acids is 2. The van der Waals surface area contributed by atoms with Crippen LogP contribution in [0.4, 0.5) is 0 Å². The molecule has 0 atom stereocenters. The lowest BCUT2D eigenvalue weighted by molar-refractivity contribution is -0.117. The van der Waals surface area contributed by atoms with E-state index in [1.54, 1.807) is 61.7 Å². The Hall–Kier alpha value is -2.86.